The molecule has 0 amide bonds. The maximum absolute atomic E-state index is 4.81. The van der Waals surface area contributed by atoms with E-state index in [0.29, 0.717) is 0 Å². The fourth-order valence-electron chi connectivity index (χ4n) is 6.84. The van der Waals surface area contributed by atoms with Crippen molar-refractivity contribution in [3.63, 3.8) is 0 Å². The Kier molecular flexibility index (Phi) is 6.04. The summed E-state index contributed by atoms with van der Waals surface area (Å²) in [7, 11) is 0. The van der Waals surface area contributed by atoms with E-state index < -0.39 is 0 Å². The molecule has 0 saturated carbocycles. The maximum atomic E-state index is 4.81. The van der Waals surface area contributed by atoms with Crippen molar-refractivity contribution >= 4 is 43.4 Å². The number of aryl methyl sites for hydroxylation is 1. The predicted octanol–water partition coefficient (Wildman–Crippen LogP) is 11.2. The molecule has 9 aromatic rings. The molecule has 216 valence electrons. The second-order valence-corrected chi connectivity index (χ2v) is 12.0. The van der Waals surface area contributed by atoms with Crippen LogP contribution in [0.15, 0.2) is 158 Å². The lowest BCUT2D eigenvalue weighted by Crippen LogP contribution is -1.94. The number of fused-ring (bicyclic) bond motifs is 6. The van der Waals surface area contributed by atoms with E-state index in [9.17, 15) is 0 Å². The van der Waals surface area contributed by atoms with Crippen molar-refractivity contribution in [2.24, 2.45) is 0 Å². The van der Waals surface area contributed by atoms with Crippen LogP contribution in [-0.2, 0) is 0 Å². The first kappa shape index (κ1) is 26.4. The van der Waals surface area contributed by atoms with E-state index in [1.165, 1.54) is 54.5 Å². The Bertz CT molecular complexity index is 2580. The normalized spacial score (nSPS) is 11.6. The van der Waals surface area contributed by atoms with Crippen LogP contribution >= 0.6 is 0 Å². The molecular weight excluding hydrogens is 558 g/mol. The molecule has 0 bridgehead atoms. The molecule has 0 saturated heterocycles. The molecule has 3 heterocycles. The summed E-state index contributed by atoms with van der Waals surface area (Å²) in [6, 6.07) is 50.6. The quantitative estimate of drug-likeness (QED) is 0.205. The fraction of sp³-hybridized carbons (Fsp3) is 0.0233. The van der Waals surface area contributed by atoms with Crippen LogP contribution in [0.1, 0.15) is 5.56 Å². The van der Waals surface area contributed by atoms with Crippen molar-refractivity contribution in [2.45, 2.75) is 6.92 Å². The Balaban J connectivity index is 1.22. The summed E-state index contributed by atoms with van der Waals surface area (Å²) in [6.07, 6.45) is 5.71. The number of aromatic nitrogens is 3. The molecule has 3 nitrogen and oxygen atoms in total. The summed E-state index contributed by atoms with van der Waals surface area (Å²) in [5.74, 6) is 0. The molecule has 9 rings (SSSR count). The maximum Gasteiger partial charge on any atom is 0.0718 e. The lowest BCUT2D eigenvalue weighted by Gasteiger charge is -2.12. The van der Waals surface area contributed by atoms with E-state index in [-0.39, 0.29) is 0 Å². The number of benzene rings is 6. The summed E-state index contributed by atoms with van der Waals surface area (Å²) in [5.41, 5.74) is 11.3. The molecular formula is C43H29N3. The van der Waals surface area contributed by atoms with Gasteiger partial charge in [-0.1, -0.05) is 97.1 Å². The zero-order valence-electron chi connectivity index (χ0n) is 25.4. The first-order valence-electron chi connectivity index (χ1n) is 15.6. The Morgan fingerprint density at radius 3 is 1.93 bits per heavy atom. The van der Waals surface area contributed by atoms with Crippen molar-refractivity contribution in [2.75, 3.05) is 0 Å². The van der Waals surface area contributed by atoms with Gasteiger partial charge in [0.1, 0.15) is 0 Å². The van der Waals surface area contributed by atoms with Gasteiger partial charge in [-0.3, -0.25) is 9.97 Å². The van der Waals surface area contributed by atoms with Crippen LogP contribution < -0.4 is 0 Å². The molecule has 0 spiro atoms. The Morgan fingerprint density at radius 1 is 0.457 bits per heavy atom. The molecule has 0 aliphatic rings. The molecule has 6 aromatic carbocycles. The van der Waals surface area contributed by atoms with Gasteiger partial charge in [-0.05, 0) is 87.8 Å². The highest BCUT2D eigenvalue weighted by Crippen LogP contribution is 2.39. The van der Waals surface area contributed by atoms with E-state index in [1.54, 1.807) is 0 Å². The van der Waals surface area contributed by atoms with Gasteiger partial charge in [0.25, 0.3) is 0 Å². The Hall–Kier alpha value is -6.06. The van der Waals surface area contributed by atoms with Crippen LogP contribution in [0, 0.1) is 6.92 Å². The number of hydrogen-bond acceptors (Lipinski definition) is 2. The highest BCUT2D eigenvalue weighted by atomic mass is 15.0. The molecule has 3 heteroatoms. The first-order chi connectivity index (χ1) is 22.7. The third kappa shape index (κ3) is 4.36. The molecule has 0 atom stereocenters. The number of para-hydroxylation sites is 1. The Morgan fingerprint density at radius 2 is 1.13 bits per heavy atom. The molecule has 0 radical (unpaired) electrons. The van der Waals surface area contributed by atoms with Gasteiger partial charge in [-0.25, -0.2) is 0 Å². The number of hydrogen-bond donors (Lipinski definition) is 0. The third-order valence-corrected chi connectivity index (χ3v) is 9.11. The zero-order valence-corrected chi connectivity index (χ0v) is 25.4. The van der Waals surface area contributed by atoms with Crippen LogP contribution in [0.3, 0.4) is 0 Å². The van der Waals surface area contributed by atoms with Crippen molar-refractivity contribution < 1.29 is 0 Å². The van der Waals surface area contributed by atoms with E-state index in [0.717, 1.165) is 33.6 Å². The van der Waals surface area contributed by atoms with Gasteiger partial charge in [0.05, 0.1) is 16.7 Å². The zero-order chi connectivity index (χ0) is 30.6. The van der Waals surface area contributed by atoms with Gasteiger partial charge in [0, 0.05) is 51.6 Å². The van der Waals surface area contributed by atoms with Gasteiger partial charge < -0.3 is 4.57 Å². The predicted molar refractivity (Wildman–Crippen MR) is 192 cm³/mol. The second-order valence-electron chi connectivity index (χ2n) is 12.0. The summed E-state index contributed by atoms with van der Waals surface area (Å²) in [6.45, 7) is 2.05. The molecule has 0 fully saturated rings. The van der Waals surface area contributed by atoms with Gasteiger partial charge in [-0.2, -0.15) is 0 Å². The van der Waals surface area contributed by atoms with E-state index >= 15 is 0 Å². The third-order valence-electron chi connectivity index (χ3n) is 9.11. The SMILES string of the molecule is Cc1cncc(-c2ccc(-c3ccc4c5ccc6cc(-c7ccc8ccccc8c7)ccc6c5n(-c5ccccc5)c4c3)cn2)c1. The lowest BCUT2D eigenvalue weighted by atomic mass is 9.97. The van der Waals surface area contributed by atoms with Crippen LogP contribution in [0.5, 0.6) is 0 Å². The van der Waals surface area contributed by atoms with Crippen LogP contribution in [0.25, 0.3) is 82.5 Å². The fourth-order valence-corrected chi connectivity index (χ4v) is 6.84. The van der Waals surface area contributed by atoms with Gasteiger partial charge in [-0.15, -0.1) is 0 Å². The summed E-state index contributed by atoms with van der Waals surface area (Å²) < 4.78 is 2.42. The lowest BCUT2D eigenvalue weighted by molar-refractivity contribution is 1.19. The van der Waals surface area contributed by atoms with E-state index in [2.05, 4.69) is 156 Å². The minimum atomic E-state index is 0.925. The van der Waals surface area contributed by atoms with Crippen molar-refractivity contribution in [1.82, 2.24) is 14.5 Å². The van der Waals surface area contributed by atoms with E-state index in [4.69, 9.17) is 4.98 Å². The average Bonchev–Trinajstić information content (AvgIpc) is 3.46. The molecule has 0 N–H and O–H groups in total. The van der Waals surface area contributed by atoms with Crippen molar-refractivity contribution in [3.8, 4) is 39.2 Å². The minimum Gasteiger partial charge on any atom is -0.309 e. The van der Waals surface area contributed by atoms with Crippen molar-refractivity contribution in [3.05, 3.63) is 164 Å². The number of rotatable bonds is 4. The summed E-state index contributed by atoms with van der Waals surface area (Å²) in [4.78, 5) is 9.16. The highest BCUT2D eigenvalue weighted by Gasteiger charge is 2.17. The van der Waals surface area contributed by atoms with Crippen molar-refractivity contribution in [1.29, 1.82) is 0 Å². The molecule has 3 aromatic heterocycles. The van der Waals surface area contributed by atoms with Gasteiger partial charge >= 0.3 is 0 Å². The number of pyridine rings is 2. The molecule has 0 aliphatic carbocycles. The average molecular weight is 588 g/mol. The topological polar surface area (TPSA) is 30.7 Å². The smallest absolute Gasteiger partial charge is 0.0718 e. The van der Waals surface area contributed by atoms with Crippen LogP contribution in [0.4, 0.5) is 0 Å². The van der Waals surface area contributed by atoms with Gasteiger partial charge in [0.2, 0.25) is 0 Å². The largest absolute Gasteiger partial charge is 0.309 e. The number of nitrogens with zero attached hydrogens (tertiary/aromatic N) is 3. The first-order valence-corrected chi connectivity index (χ1v) is 15.6. The van der Waals surface area contributed by atoms with Crippen LogP contribution in [0.2, 0.25) is 0 Å². The second kappa shape index (κ2) is 10.5. The molecule has 0 unspecified atom stereocenters. The van der Waals surface area contributed by atoms with Gasteiger partial charge in [0.15, 0.2) is 0 Å². The molecule has 46 heavy (non-hydrogen) atoms. The Labute approximate surface area is 267 Å². The summed E-state index contributed by atoms with van der Waals surface area (Å²) in [5, 5.41) is 7.46. The monoisotopic (exact) mass is 587 g/mol. The standard InChI is InChI=1S/C43H29N3/c1-28-21-36(26-44-25-28)41-20-16-35(27-45-41)33-14-18-39-40-19-15-34-23-32(31-12-11-29-7-5-6-8-30(29)22-31)13-17-38(34)43(40)46(42(39)24-33)37-9-3-2-4-10-37/h2-27H,1H3. The van der Waals surface area contributed by atoms with Crippen LogP contribution in [-0.4, -0.2) is 14.5 Å². The summed E-state index contributed by atoms with van der Waals surface area (Å²) >= 11 is 0. The highest BCUT2D eigenvalue weighted by molar-refractivity contribution is 6.19. The van der Waals surface area contributed by atoms with E-state index in [1.807, 2.05) is 18.6 Å². The minimum absolute atomic E-state index is 0.925. The molecule has 0 aliphatic heterocycles.